The zero-order valence-corrected chi connectivity index (χ0v) is 16.5. The van der Waals surface area contributed by atoms with Crippen LogP contribution >= 0.6 is 0 Å². The summed E-state index contributed by atoms with van der Waals surface area (Å²) in [5.41, 5.74) is 3.57. The normalized spacial score (nSPS) is 10.5. The van der Waals surface area contributed by atoms with Gasteiger partial charge in [-0.05, 0) is 24.3 Å². The fraction of sp³-hybridized carbons (Fsp3) is 0.120. The molecule has 0 spiro atoms. The van der Waals surface area contributed by atoms with E-state index in [9.17, 15) is 4.79 Å². The summed E-state index contributed by atoms with van der Waals surface area (Å²) < 4.78 is 12.9. The highest BCUT2D eigenvalue weighted by molar-refractivity contribution is 5.70. The average Bonchev–Trinajstić information content (AvgIpc) is 3.24. The van der Waals surface area contributed by atoms with E-state index in [1.807, 2.05) is 102 Å². The quantitative estimate of drug-likeness (QED) is 0.390. The first-order valence-corrected chi connectivity index (χ1v) is 9.82. The second-order valence-electron chi connectivity index (χ2n) is 6.72. The Labute approximate surface area is 175 Å². The van der Waals surface area contributed by atoms with Gasteiger partial charge in [-0.15, -0.1) is 0 Å². The highest BCUT2D eigenvalue weighted by Crippen LogP contribution is 2.24. The number of para-hydroxylation sites is 2. The highest BCUT2D eigenvalue weighted by Gasteiger charge is 2.14. The van der Waals surface area contributed by atoms with Gasteiger partial charge in [-0.3, -0.25) is 4.79 Å². The largest absolute Gasteiger partial charge is 0.493 e. The van der Waals surface area contributed by atoms with Crippen molar-refractivity contribution in [3.8, 4) is 22.7 Å². The highest BCUT2D eigenvalue weighted by atomic mass is 16.5. The number of carbonyl (C=O) groups is 1. The van der Waals surface area contributed by atoms with E-state index >= 15 is 0 Å². The van der Waals surface area contributed by atoms with E-state index in [4.69, 9.17) is 14.6 Å². The molecule has 3 aromatic carbocycles. The number of ether oxygens (including phenoxy) is 2. The van der Waals surface area contributed by atoms with Crippen LogP contribution in [0.1, 0.15) is 12.0 Å². The van der Waals surface area contributed by atoms with E-state index in [1.54, 1.807) is 0 Å². The molecule has 4 rings (SSSR count). The van der Waals surface area contributed by atoms with Crippen molar-refractivity contribution in [2.24, 2.45) is 0 Å². The Morgan fingerprint density at radius 3 is 2.17 bits per heavy atom. The van der Waals surface area contributed by atoms with Crippen molar-refractivity contribution in [2.45, 2.75) is 13.0 Å². The smallest absolute Gasteiger partial charge is 0.309 e. The number of rotatable bonds is 8. The van der Waals surface area contributed by atoms with E-state index in [0.717, 1.165) is 28.3 Å². The fourth-order valence-corrected chi connectivity index (χ4v) is 3.07. The number of benzene rings is 3. The van der Waals surface area contributed by atoms with Crippen molar-refractivity contribution in [2.75, 3.05) is 6.61 Å². The molecule has 5 nitrogen and oxygen atoms in total. The molecule has 0 amide bonds. The van der Waals surface area contributed by atoms with Gasteiger partial charge in [0.05, 0.1) is 24.4 Å². The van der Waals surface area contributed by atoms with Crippen molar-refractivity contribution in [3.63, 3.8) is 0 Å². The first-order chi connectivity index (χ1) is 14.8. The van der Waals surface area contributed by atoms with Crippen LogP contribution in [-0.4, -0.2) is 22.4 Å². The van der Waals surface area contributed by atoms with Gasteiger partial charge < -0.3 is 9.47 Å². The maximum absolute atomic E-state index is 12.2. The molecule has 0 aliphatic rings. The van der Waals surface area contributed by atoms with Crippen LogP contribution in [0.25, 0.3) is 16.9 Å². The molecule has 0 bridgehead atoms. The SMILES string of the molecule is O=C(CCOc1ccccc1)OCc1cn(-c2ccccc2)nc1-c1ccccc1. The number of aromatic nitrogens is 2. The van der Waals surface area contributed by atoms with Crippen molar-refractivity contribution in [1.29, 1.82) is 0 Å². The number of nitrogens with zero attached hydrogens (tertiary/aromatic N) is 2. The Bertz CT molecular complexity index is 1080. The van der Waals surface area contributed by atoms with Crippen LogP contribution < -0.4 is 4.74 Å². The monoisotopic (exact) mass is 398 g/mol. The first-order valence-electron chi connectivity index (χ1n) is 9.82. The summed E-state index contributed by atoms with van der Waals surface area (Å²) in [4.78, 5) is 12.2. The molecule has 0 saturated heterocycles. The predicted octanol–water partition coefficient (Wildman–Crippen LogP) is 5.05. The van der Waals surface area contributed by atoms with Crippen LogP contribution in [0.3, 0.4) is 0 Å². The van der Waals surface area contributed by atoms with E-state index in [1.165, 1.54) is 0 Å². The lowest BCUT2D eigenvalue weighted by molar-refractivity contribution is -0.145. The summed E-state index contributed by atoms with van der Waals surface area (Å²) in [6, 6.07) is 29.2. The molecule has 150 valence electrons. The van der Waals surface area contributed by atoms with Crippen molar-refractivity contribution in [3.05, 3.63) is 103 Å². The van der Waals surface area contributed by atoms with Crippen molar-refractivity contribution >= 4 is 5.97 Å². The number of hydrogen-bond donors (Lipinski definition) is 0. The minimum absolute atomic E-state index is 0.154. The second-order valence-corrected chi connectivity index (χ2v) is 6.72. The Balaban J connectivity index is 1.43. The Kier molecular flexibility index (Phi) is 6.20. The summed E-state index contributed by atoms with van der Waals surface area (Å²) in [7, 11) is 0. The molecule has 0 unspecified atom stereocenters. The Morgan fingerprint density at radius 1 is 0.833 bits per heavy atom. The van der Waals surface area contributed by atoms with Crippen molar-refractivity contribution in [1.82, 2.24) is 9.78 Å². The van der Waals surface area contributed by atoms with Crippen LogP contribution in [0.5, 0.6) is 5.75 Å². The molecule has 4 aromatic rings. The van der Waals surface area contributed by atoms with Gasteiger partial charge >= 0.3 is 5.97 Å². The lowest BCUT2D eigenvalue weighted by Crippen LogP contribution is -2.10. The van der Waals surface area contributed by atoms with Crippen LogP contribution in [-0.2, 0) is 16.1 Å². The molecule has 0 N–H and O–H groups in total. The van der Waals surface area contributed by atoms with Crippen LogP contribution in [0.15, 0.2) is 97.2 Å². The molecule has 5 heteroatoms. The minimum atomic E-state index is -0.308. The molecule has 0 aliphatic carbocycles. The van der Waals surface area contributed by atoms with Gasteiger partial charge in [-0.25, -0.2) is 4.68 Å². The standard InChI is InChI=1S/C25H22N2O3/c28-24(16-17-29-23-14-8-3-9-15-23)30-19-21-18-27(22-12-6-2-7-13-22)26-25(21)20-10-4-1-5-11-20/h1-15,18H,16-17,19H2. The predicted molar refractivity (Wildman–Crippen MR) is 115 cm³/mol. The topological polar surface area (TPSA) is 53.4 Å². The number of hydrogen-bond acceptors (Lipinski definition) is 4. The average molecular weight is 398 g/mol. The third kappa shape index (κ3) is 4.94. The number of esters is 1. The zero-order valence-electron chi connectivity index (χ0n) is 16.5. The molecule has 0 aliphatic heterocycles. The van der Waals surface area contributed by atoms with Gasteiger partial charge in [0.15, 0.2) is 0 Å². The fourth-order valence-electron chi connectivity index (χ4n) is 3.07. The van der Waals surface area contributed by atoms with E-state index in [0.29, 0.717) is 0 Å². The maximum Gasteiger partial charge on any atom is 0.309 e. The molecule has 30 heavy (non-hydrogen) atoms. The molecular weight excluding hydrogens is 376 g/mol. The van der Waals surface area contributed by atoms with E-state index in [2.05, 4.69) is 0 Å². The van der Waals surface area contributed by atoms with Gasteiger partial charge in [0.1, 0.15) is 12.4 Å². The van der Waals surface area contributed by atoms with Gasteiger partial charge in [-0.1, -0.05) is 66.7 Å². The summed E-state index contributed by atoms with van der Waals surface area (Å²) in [6.45, 7) is 0.429. The molecule has 0 fully saturated rings. The Hall–Kier alpha value is -3.86. The third-order valence-corrected chi connectivity index (χ3v) is 4.56. The van der Waals surface area contributed by atoms with Gasteiger partial charge in [0.25, 0.3) is 0 Å². The summed E-state index contributed by atoms with van der Waals surface area (Å²) >= 11 is 0. The molecule has 1 aromatic heterocycles. The van der Waals surface area contributed by atoms with Crippen LogP contribution in [0.2, 0.25) is 0 Å². The Morgan fingerprint density at radius 2 is 1.47 bits per heavy atom. The number of carbonyl (C=O) groups excluding carboxylic acids is 1. The van der Waals surface area contributed by atoms with E-state index < -0.39 is 0 Å². The lowest BCUT2D eigenvalue weighted by Gasteiger charge is -2.07. The van der Waals surface area contributed by atoms with Gasteiger partial charge in [0.2, 0.25) is 0 Å². The van der Waals surface area contributed by atoms with Gasteiger partial charge in [0, 0.05) is 17.3 Å². The second kappa shape index (κ2) is 9.56. The van der Waals surface area contributed by atoms with E-state index in [-0.39, 0.29) is 25.6 Å². The molecule has 0 atom stereocenters. The molecule has 0 saturated carbocycles. The van der Waals surface area contributed by atoms with Crippen LogP contribution in [0, 0.1) is 0 Å². The van der Waals surface area contributed by atoms with Gasteiger partial charge in [-0.2, -0.15) is 5.10 Å². The molecule has 1 heterocycles. The lowest BCUT2D eigenvalue weighted by atomic mass is 10.1. The van der Waals surface area contributed by atoms with Crippen LogP contribution in [0.4, 0.5) is 0 Å². The molecular formula is C25H22N2O3. The maximum atomic E-state index is 12.2. The summed E-state index contributed by atoms with van der Waals surface area (Å²) in [5.74, 6) is 0.429. The first kappa shape index (κ1) is 19.5. The van der Waals surface area contributed by atoms with Crippen molar-refractivity contribution < 1.29 is 14.3 Å². The zero-order chi connectivity index (χ0) is 20.6. The summed E-state index contributed by atoms with van der Waals surface area (Å²) in [5, 5.41) is 4.73. The third-order valence-electron chi connectivity index (χ3n) is 4.56. The summed E-state index contributed by atoms with van der Waals surface area (Å²) in [6.07, 6.45) is 2.09. The molecule has 0 radical (unpaired) electrons. The minimum Gasteiger partial charge on any atom is -0.493 e.